The highest BCUT2D eigenvalue weighted by atomic mass is 19.3. The standard InChI is InChI=1S/C11H9F3N4O/c12-8(13)9(14)19-10-7(16-11(15)18-17-10)6-4-2-1-3-5-6/h1-5,8-9H,(H2,15,16,18). The molecule has 1 aromatic carbocycles. The summed E-state index contributed by atoms with van der Waals surface area (Å²) < 4.78 is 41.6. The van der Waals surface area contributed by atoms with E-state index in [1.165, 1.54) is 0 Å². The SMILES string of the molecule is Nc1nnc(OC(F)C(F)F)c(-c2ccccc2)n1. The largest absolute Gasteiger partial charge is 0.434 e. The maximum Gasteiger partial charge on any atom is 0.304 e. The molecule has 0 spiro atoms. The van der Waals surface area contributed by atoms with Crippen LogP contribution < -0.4 is 10.5 Å². The minimum atomic E-state index is -3.29. The van der Waals surface area contributed by atoms with Gasteiger partial charge in [0.2, 0.25) is 5.95 Å². The summed E-state index contributed by atoms with van der Waals surface area (Å²) in [5.41, 5.74) is 5.93. The van der Waals surface area contributed by atoms with E-state index in [-0.39, 0.29) is 11.6 Å². The number of nitrogen functional groups attached to an aromatic ring is 1. The van der Waals surface area contributed by atoms with Crippen LogP contribution in [0.25, 0.3) is 11.3 Å². The van der Waals surface area contributed by atoms with Gasteiger partial charge in [-0.15, -0.1) is 10.2 Å². The molecule has 0 radical (unpaired) electrons. The number of ether oxygens (including phenoxy) is 1. The fourth-order valence-corrected chi connectivity index (χ4v) is 1.35. The van der Waals surface area contributed by atoms with Crippen LogP contribution in [0.4, 0.5) is 19.1 Å². The van der Waals surface area contributed by atoms with Gasteiger partial charge in [0.05, 0.1) is 0 Å². The number of anilines is 1. The van der Waals surface area contributed by atoms with Crippen LogP contribution in [0, 0.1) is 0 Å². The van der Waals surface area contributed by atoms with E-state index in [0.717, 1.165) is 0 Å². The molecule has 0 aliphatic rings. The highest BCUT2D eigenvalue weighted by Gasteiger charge is 2.24. The molecule has 1 heterocycles. The highest BCUT2D eigenvalue weighted by molar-refractivity contribution is 5.64. The summed E-state index contributed by atoms with van der Waals surface area (Å²) in [6.07, 6.45) is -6.09. The van der Waals surface area contributed by atoms with E-state index in [4.69, 9.17) is 5.73 Å². The molecular weight excluding hydrogens is 261 g/mol. The van der Waals surface area contributed by atoms with Crippen LogP contribution >= 0.6 is 0 Å². The maximum absolute atomic E-state index is 12.9. The second kappa shape index (κ2) is 5.51. The number of benzene rings is 1. The number of hydrogen-bond donors (Lipinski definition) is 1. The van der Waals surface area contributed by atoms with Crippen LogP contribution in [0.1, 0.15) is 0 Å². The lowest BCUT2D eigenvalue weighted by atomic mass is 10.1. The summed E-state index contributed by atoms with van der Waals surface area (Å²) in [6.45, 7) is 0. The first-order valence-corrected chi connectivity index (χ1v) is 5.22. The first kappa shape index (κ1) is 13.1. The summed E-state index contributed by atoms with van der Waals surface area (Å²) in [5, 5.41) is 6.80. The topological polar surface area (TPSA) is 73.9 Å². The smallest absolute Gasteiger partial charge is 0.304 e. The second-order valence-corrected chi connectivity index (χ2v) is 3.49. The number of aromatic nitrogens is 3. The Morgan fingerprint density at radius 3 is 2.37 bits per heavy atom. The van der Waals surface area contributed by atoms with Crippen LogP contribution in [0.3, 0.4) is 0 Å². The van der Waals surface area contributed by atoms with E-state index in [0.29, 0.717) is 5.56 Å². The maximum atomic E-state index is 12.9. The molecule has 2 rings (SSSR count). The van der Waals surface area contributed by atoms with Crippen molar-refractivity contribution in [1.29, 1.82) is 0 Å². The first-order chi connectivity index (χ1) is 9.08. The molecule has 1 aromatic heterocycles. The van der Waals surface area contributed by atoms with Crippen molar-refractivity contribution in [3.8, 4) is 17.1 Å². The van der Waals surface area contributed by atoms with Gasteiger partial charge in [-0.1, -0.05) is 30.3 Å². The average Bonchev–Trinajstić information content (AvgIpc) is 2.41. The Balaban J connectivity index is 2.39. The molecule has 8 heteroatoms. The number of alkyl halides is 3. The Kier molecular flexibility index (Phi) is 3.79. The van der Waals surface area contributed by atoms with E-state index in [1.807, 2.05) is 0 Å². The predicted octanol–water partition coefficient (Wildman–Crippen LogP) is 2.06. The third kappa shape index (κ3) is 3.09. The van der Waals surface area contributed by atoms with Crippen LogP contribution in [0.2, 0.25) is 0 Å². The minimum Gasteiger partial charge on any atom is -0.434 e. The first-order valence-electron chi connectivity index (χ1n) is 5.22. The van der Waals surface area contributed by atoms with Crippen molar-refractivity contribution in [1.82, 2.24) is 15.2 Å². The third-order valence-electron chi connectivity index (χ3n) is 2.14. The summed E-state index contributed by atoms with van der Waals surface area (Å²) in [5.74, 6) is -0.605. The lowest BCUT2D eigenvalue weighted by Crippen LogP contribution is -2.21. The molecule has 100 valence electrons. The Bertz CT molecular complexity index is 553. The van der Waals surface area contributed by atoms with Gasteiger partial charge in [0, 0.05) is 5.56 Å². The van der Waals surface area contributed by atoms with Crippen LogP contribution in [-0.4, -0.2) is 28.0 Å². The average molecular weight is 270 g/mol. The molecule has 5 nitrogen and oxygen atoms in total. The van der Waals surface area contributed by atoms with E-state index in [1.54, 1.807) is 30.3 Å². The summed E-state index contributed by atoms with van der Waals surface area (Å²) in [7, 11) is 0. The molecule has 0 aliphatic heterocycles. The minimum absolute atomic E-state index is 0.0522. The van der Waals surface area contributed by atoms with Gasteiger partial charge in [0.15, 0.2) is 0 Å². The van der Waals surface area contributed by atoms with Gasteiger partial charge >= 0.3 is 6.43 Å². The predicted molar refractivity (Wildman–Crippen MR) is 61.2 cm³/mol. The lowest BCUT2D eigenvalue weighted by molar-refractivity contribution is -0.0692. The van der Waals surface area contributed by atoms with E-state index in [9.17, 15) is 13.2 Å². The lowest BCUT2D eigenvalue weighted by Gasteiger charge is -2.12. The molecule has 2 aromatic rings. The zero-order valence-electron chi connectivity index (χ0n) is 9.50. The molecule has 0 bridgehead atoms. The van der Waals surface area contributed by atoms with Crippen LogP contribution in [0.5, 0.6) is 5.88 Å². The van der Waals surface area contributed by atoms with Gasteiger partial charge in [-0.2, -0.15) is 4.39 Å². The summed E-state index contributed by atoms with van der Waals surface area (Å²) >= 11 is 0. The number of rotatable bonds is 4. The molecule has 0 saturated heterocycles. The van der Waals surface area contributed by atoms with Gasteiger partial charge in [-0.05, 0) is 0 Å². The van der Waals surface area contributed by atoms with Gasteiger partial charge in [-0.3, -0.25) is 0 Å². The second-order valence-electron chi connectivity index (χ2n) is 3.49. The fraction of sp³-hybridized carbons (Fsp3) is 0.182. The van der Waals surface area contributed by atoms with Crippen LogP contribution in [0.15, 0.2) is 30.3 Å². The molecule has 1 unspecified atom stereocenters. The Labute approximate surface area is 106 Å². The van der Waals surface area contributed by atoms with E-state index >= 15 is 0 Å². The molecular formula is C11H9F3N4O. The number of hydrogen-bond acceptors (Lipinski definition) is 5. The molecule has 19 heavy (non-hydrogen) atoms. The third-order valence-corrected chi connectivity index (χ3v) is 2.14. The summed E-state index contributed by atoms with van der Waals surface area (Å²) in [6, 6.07) is 8.39. The van der Waals surface area contributed by atoms with Gasteiger partial charge in [0.25, 0.3) is 12.2 Å². The molecule has 0 aliphatic carbocycles. The van der Waals surface area contributed by atoms with Crippen molar-refractivity contribution in [3.63, 3.8) is 0 Å². The monoisotopic (exact) mass is 270 g/mol. The van der Waals surface area contributed by atoms with Crippen molar-refractivity contribution in [2.24, 2.45) is 0 Å². The Morgan fingerprint density at radius 1 is 1.05 bits per heavy atom. The molecule has 0 amide bonds. The van der Waals surface area contributed by atoms with Crippen molar-refractivity contribution in [3.05, 3.63) is 30.3 Å². The van der Waals surface area contributed by atoms with Crippen molar-refractivity contribution in [2.75, 3.05) is 5.73 Å². The van der Waals surface area contributed by atoms with E-state index < -0.39 is 18.7 Å². The van der Waals surface area contributed by atoms with Crippen molar-refractivity contribution < 1.29 is 17.9 Å². The molecule has 2 N–H and O–H groups in total. The molecule has 0 fully saturated rings. The molecule has 1 atom stereocenters. The highest BCUT2D eigenvalue weighted by Crippen LogP contribution is 2.27. The fourth-order valence-electron chi connectivity index (χ4n) is 1.35. The van der Waals surface area contributed by atoms with Crippen molar-refractivity contribution >= 4 is 5.95 Å². The quantitative estimate of drug-likeness (QED) is 0.920. The van der Waals surface area contributed by atoms with Gasteiger partial charge in [0.1, 0.15) is 5.69 Å². The number of nitrogens with two attached hydrogens (primary N) is 1. The van der Waals surface area contributed by atoms with E-state index in [2.05, 4.69) is 19.9 Å². The summed E-state index contributed by atoms with van der Waals surface area (Å²) in [4.78, 5) is 3.82. The zero-order chi connectivity index (χ0) is 13.8. The Morgan fingerprint density at radius 2 is 1.74 bits per heavy atom. The van der Waals surface area contributed by atoms with Gasteiger partial charge in [-0.25, -0.2) is 13.8 Å². The Hall–Kier alpha value is -2.38. The van der Waals surface area contributed by atoms with Crippen LogP contribution in [-0.2, 0) is 0 Å². The van der Waals surface area contributed by atoms with Crippen molar-refractivity contribution in [2.45, 2.75) is 12.8 Å². The zero-order valence-corrected chi connectivity index (χ0v) is 9.50. The normalized spacial score (nSPS) is 12.4. The van der Waals surface area contributed by atoms with Gasteiger partial charge < -0.3 is 10.5 Å². The number of halogens is 3. The number of nitrogens with zero attached hydrogens (tertiary/aromatic N) is 3. The molecule has 0 saturated carbocycles.